The van der Waals surface area contributed by atoms with Crippen LogP contribution in [0.25, 0.3) is 0 Å². The summed E-state index contributed by atoms with van der Waals surface area (Å²) in [6.45, 7) is 8.89. The number of aryl methyl sites for hydroxylation is 2. The highest BCUT2D eigenvalue weighted by molar-refractivity contribution is 5.88. The molecule has 0 fully saturated rings. The van der Waals surface area contributed by atoms with Gasteiger partial charge in [-0.25, -0.2) is 0 Å². The summed E-state index contributed by atoms with van der Waals surface area (Å²) >= 11 is 0. The Hall–Kier alpha value is -2.62. The van der Waals surface area contributed by atoms with Crippen LogP contribution in [0.4, 0.5) is 0 Å². The fourth-order valence-corrected chi connectivity index (χ4v) is 3.01. The van der Waals surface area contributed by atoms with E-state index in [0.717, 1.165) is 28.7 Å². The quantitative estimate of drug-likeness (QED) is 0.773. The molecule has 0 aromatic heterocycles. The molecule has 27 heavy (non-hydrogen) atoms. The van der Waals surface area contributed by atoms with Crippen LogP contribution in [0.1, 0.15) is 42.5 Å². The third kappa shape index (κ3) is 5.95. The zero-order valence-electron chi connectivity index (χ0n) is 16.8. The van der Waals surface area contributed by atoms with Crippen molar-refractivity contribution >= 4 is 11.8 Å². The van der Waals surface area contributed by atoms with Crippen LogP contribution in [0.15, 0.2) is 48.5 Å². The highest BCUT2D eigenvalue weighted by Gasteiger charge is 2.26. The van der Waals surface area contributed by atoms with Gasteiger partial charge in [-0.3, -0.25) is 9.59 Å². The van der Waals surface area contributed by atoms with Crippen LogP contribution in [-0.4, -0.2) is 29.3 Å². The molecule has 1 N–H and O–H groups in total. The second-order valence-corrected chi connectivity index (χ2v) is 7.08. The Kier molecular flexibility index (Phi) is 7.59. The molecule has 0 saturated heterocycles. The molecule has 0 aliphatic heterocycles. The molecular formula is C23H30N2O2. The summed E-state index contributed by atoms with van der Waals surface area (Å²) in [6, 6.07) is 15.4. The second kappa shape index (κ2) is 9.91. The van der Waals surface area contributed by atoms with Gasteiger partial charge in [0.15, 0.2) is 0 Å². The first-order valence-electron chi connectivity index (χ1n) is 9.59. The lowest BCUT2D eigenvalue weighted by molar-refractivity contribution is -0.140. The van der Waals surface area contributed by atoms with Crippen molar-refractivity contribution in [3.63, 3.8) is 0 Å². The number of nitrogens with zero attached hydrogens (tertiary/aromatic N) is 1. The smallest absolute Gasteiger partial charge is 0.242 e. The monoisotopic (exact) mass is 366 g/mol. The minimum absolute atomic E-state index is 0.0355. The summed E-state index contributed by atoms with van der Waals surface area (Å²) in [5.74, 6) is -0.145. The van der Waals surface area contributed by atoms with Crippen molar-refractivity contribution in [1.82, 2.24) is 10.2 Å². The van der Waals surface area contributed by atoms with Gasteiger partial charge in [-0.1, -0.05) is 61.0 Å². The minimum atomic E-state index is -0.519. The van der Waals surface area contributed by atoms with Crippen LogP contribution < -0.4 is 5.32 Å². The first kappa shape index (κ1) is 20.7. The van der Waals surface area contributed by atoms with Crippen LogP contribution in [-0.2, 0) is 22.6 Å². The zero-order chi connectivity index (χ0) is 19.8. The molecule has 0 bridgehead atoms. The molecule has 4 nitrogen and oxygen atoms in total. The summed E-state index contributed by atoms with van der Waals surface area (Å²) in [5.41, 5.74) is 4.25. The molecule has 1 unspecified atom stereocenters. The summed E-state index contributed by atoms with van der Waals surface area (Å²) in [6.07, 6.45) is 1.17. The van der Waals surface area contributed by atoms with Gasteiger partial charge in [0.05, 0.1) is 6.42 Å². The molecule has 0 heterocycles. The van der Waals surface area contributed by atoms with Crippen molar-refractivity contribution in [1.29, 1.82) is 0 Å². The summed E-state index contributed by atoms with van der Waals surface area (Å²) < 4.78 is 0. The molecule has 4 heteroatoms. The molecule has 1 atom stereocenters. The number of carbonyl (C=O) groups is 2. The van der Waals surface area contributed by atoms with Crippen LogP contribution in [0.2, 0.25) is 0 Å². The van der Waals surface area contributed by atoms with E-state index in [0.29, 0.717) is 19.5 Å². The highest BCUT2D eigenvalue weighted by Crippen LogP contribution is 2.16. The van der Waals surface area contributed by atoms with Crippen molar-refractivity contribution in [2.45, 2.75) is 53.1 Å². The van der Waals surface area contributed by atoms with Gasteiger partial charge >= 0.3 is 0 Å². The van der Waals surface area contributed by atoms with E-state index in [1.54, 1.807) is 11.8 Å². The van der Waals surface area contributed by atoms with E-state index in [-0.39, 0.29) is 11.8 Å². The molecule has 2 aromatic carbocycles. The number of nitrogens with one attached hydrogen (secondary N) is 1. The van der Waals surface area contributed by atoms with E-state index in [2.05, 4.69) is 11.4 Å². The summed E-state index contributed by atoms with van der Waals surface area (Å²) in [4.78, 5) is 27.3. The maximum absolute atomic E-state index is 13.1. The van der Waals surface area contributed by atoms with Gasteiger partial charge in [-0.05, 0) is 43.9 Å². The third-order valence-corrected chi connectivity index (χ3v) is 4.76. The highest BCUT2D eigenvalue weighted by atomic mass is 16.2. The zero-order valence-corrected chi connectivity index (χ0v) is 16.8. The fourth-order valence-electron chi connectivity index (χ4n) is 3.01. The number of hydrogen-bond acceptors (Lipinski definition) is 2. The summed E-state index contributed by atoms with van der Waals surface area (Å²) in [7, 11) is 0. The van der Waals surface area contributed by atoms with E-state index in [4.69, 9.17) is 0 Å². The number of benzene rings is 2. The van der Waals surface area contributed by atoms with Gasteiger partial charge < -0.3 is 10.2 Å². The van der Waals surface area contributed by atoms with Crippen molar-refractivity contribution in [3.05, 3.63) is 70.8 Å². The lowest BCUT2D eigenvalue weighted by Gasteiger charge is -2.29. The first-order chi connectivity index (χ1) is 12.9. The van der Waals surface area contributed by atoms with E-state index in [9.17, 15) is 9.59 Å². The van der Waals surface area contributed by atoms with Gasteiger partial charge in [-0.15, -0.1) is 0 Å². The van der Waals surface area contributed by atoms with E-state index in [1.165, 1.54) is 0 Å². The van der Waals surface area contributed by atoms with Gasteiger partial charge in [0.1, 0.15) is 6.04 Å². The number of carbonyl (C=O) groups excluding carboxylic acids is 2. The standard InChI is InChI=1S/C23H30N2O2/c1-5-13-24-23(27)19(4)25(16-20-9-7-6-8-10-20)22(26)15-21-14-17(2)11-12-18(21)3/h6-12,14,19H,5,13,15-16H2,1-4H3,(H,24,27). The molecule has 0 spiro atoms. The van der Waals surface area contributed by atoms with E-state index in [1.807, 2.05) is 63.2 Å². The average Bonchev–Trinajstić information content (AvgIpc) is 2.67. The Labute approximate surface area is 162 Å². The van der Waals surface area contributed by atoms with Crippen LogP contribution in [0, 0.1) is 13.8 Å². The molecular weight excluding hydrogens is 336 g/mol. The lowest BCUT2D eigenvalue weighted by Crippen LogP contribution is -2.48. The number of rotatable bonds is 8. The first-order valence-corrected chi connectivity index (χ1v) is 9.59. The Morgan fingerprint density at radius 3 is 2.44 bits per heavy atom. The minimum Gasteiger partial charge on any atom is -0.354 e. The average molecular weight is 367 g/mol. The van der Waals surface area contributed by atoms with Gasteiger partial charge in [0.2, 0.25) is 11.8 Å². The summed E-state index contributed by atoms with van der Waals surface area (Å²) in [5, 5.41) is 2.90. The molecule has 2 aromatic rings. The Bertz CT molecular complexity index is 771. The third-order valence-electron chi connectivity index (χ3n) is 4.76. The van der Waals surface area contributed by atoms with Crippen molar-refractivity contribution < 1.29 is 9.59 Å². The van der Waals surface area contributed by atoms with Crippen molar-refractivity contribution in [2.24, 2.45) is 0 Å². The van der Waals surface area contributed by atoms with Gasteiger partial charge in [-0.2, -0.15) is 0 Å². The Morgan fingerprint density at radius 1 is 1.07 bits per heavy atom. The molecule has 0 radical (unpaired) electrons. The normalized spacial score (nSPS) is 11.7. The topological polar surface area (TPSA) is 49.4 Å². The lowest BCUT2D eigenvalue weighted by atomic mass is 10.0. The molecule has 0 aliphatic rings. The molecule has 2 rings (SSSR count). The Balaban J connectivity index is 2.23. The second-order valence-electron chi connectivity index (χ2n) is 7.08. The predicted molar refractivity (Wildman–Crippen MR) is 109 cm³/mol. The van der Waals surface area contributed by atoms with Crippen molar-refractivity contribution in [2.75, 3.05) is 6.54 Å². The molecule has 0 saturated carbocycles. The van der Waals surface area contributed by atoms with Crippen molar-refractivity contribution in [3.8, 4) is 0 Å². The van der Waals surface area contributed by atoms with E-state index < -0.39 is 6.04 Å². The van der Waals surface area contributed by atoms with E-state index >= 15 is 0 Å². The van der Waals surface area contributed by atoms with Gasteiger partial charge in [0.25, 0.3) is 0 Å². The predicted octanol–water partition coefficient (Wildman–Crippen LogP) is 3.79. The number of amides is 2. The molecule has 2 amide bonds. The maximum atomic E-state index is 13.1. The molecule has 144 valence electrons. The Morgan fingerprint density at radius 2 is 1.78 bits per heavy atom. The van der Waals surface area contributed by atoms with Crippen LogP contribution in [0.3, 0.4) is 0 Å². The fraction of sp³-hybridized carbons (Fsp3) is 0.391. The maximum Gasteiger partial charge on any atom is 0.242 e. The van der Waals surface area contributed by atoms with Crippen LogP contribution >= 0.6 is 0 Å². The van der Waals surface area contributed by atoms with Crippen LogP contribution in [0.5, 0.6) is 0 Å². The molecule has 0 aliphatic carbocycles. The largest absolute Gasteiger partial charge is 0.354 e. The SMILES string of the molecule is CCCNC(=O)C(C)N(Cc1ccccc1)C(=O)Cc1cc(C)ccc1C. The number of hydrogen-bond donors (Lipinski definition) is 1. The van der Waals surface area contributed by atoms with Gasteiger partial charge in [0, 0.05) is 13.1 Å².